The van der Waals surface area contributed by atoms with Crippen molar-refractivity contribution in [3.8, 4) is 11.4 Å². The third kappa shape index (κ3) is 4.44. The Morgan fingerprint density at radius 1 is 1.39 bits per heavy atom. The second kappa shape index (κ2) is 7.45. The molecule has 0 unspecified atom stereocenters. The van der Waals surface area contributed by atoms with Gasteiger partial charge in [-0.3, -0.25) is 4.79 Å². The van der Waals surface area contributed by atoms with Gasteiger partial charge in [0.1, 0.15) is 5.82 Å². The lowest BCUT2D eigenvalue weighted by molar-refractivity contribution is -0.120. The van der Waals surface area contributed by atoms with Crippen molar-refractivity contribution >= 4 is 17.7 Å². The molecule has 0 saturated carbocycles. The third-order valence-electron chi connectivity index (χ3n) is 3.08. The van der Waals surface area contributed by atoms with Crippen molar-refractivity contribution in [1.82, 2.24) is 20.2 Å². The summed E-state index contributed by atoms with van der Waals surface area (Å²) in [4.78, 5) is 12.0. The van der Waals surface area contributed by atoms with Gasteiger partial charge in [0.25, 0.3) is 0 Å². The lowest BCUT2D eigenvalue weighted by Gasteiger charge is -2.12. The van der Waals surface area contributed by atoms with E-state index in [-0.39, 0.29) is 17.0 Å². The summed E-state index contributed by atoms with van der Waals surface area (Å²) < 4.78 is 14.6. The highest BCUT2D eigenvalue weighted by Crippen LogP contribution is 2.25. The number of benzene rings is 1. The van der Waals surface area contributed by atoms with E-state index in [1.807, 2.05) is 13.8 Å². The topological polar surface area (TPSA) is 85.8 Å². The first-order chi connectivity index (χ1) is 10.9. The molecule has 1 aromatic heterocycles. The zero-order valence-electron chi connectivity index (χ0n) is 13.3. The van der Waals surface area contributed by atoms with Gasteiger partial charge in [-0.05, 0) is 25.0 Å². The number of nitrogens with two attached hydrogens (primary N) is 1. The Morgan fingerprint density at radius 2 is 2.13 bits per heavy atom. The fraction of sp³-hybridized carbons (Fsp3) is 0.400. The van der Waals surface area contributed by atoms with Gasteiger partial charge in [-0.1, -0.05) is 37.7 Å². The quantitative estimate of drug-likeness (QED) is 0.622. The minimum absolute atomic E-state index is 0.0843. The number of amides is 1. The molecule has 0 aliphatic heterocycles. The van der Waals surface area contributed by atoms with Crippen LogP contribution in [0.3, 0.4) is 0 Å². The fourth-order valence-corrected chi connectivity index (χ4v) is 2.64. The Hall–Kier alpha value is -2.09. The number of aromatic nitrogens is 3. The van der Waals surface area contributed by atoms with Crippen LogP contribution in [0.2, 0.25) is 0 Å². The first-order valence-electron chi connectivity index (χ1n) is 7.29. The molecule has 2 rings (SSSR count). The largest absolute Gasteiger partial charge is 0.355 e. The van der Waals surface area contributed by atoms with Gasteiger partial charge in [0.2, 0.25) is 11.1 Å². The average Bonchev–Trinajstić information content (AvgIpc) is 2.85. The number of carbonyl (C=O) groups excluding carboxylic acids is 1. The molecule has 0 fully saturated rings. The molecule has 1 amide bonds. The molecule has 0 saturated heterocycles. The number of hydrogen-bond donors (Lipinski definition) is 2. The number of halogens is 1. The summed E-state index contributed by atoms with van der Waals surface area (Å²) in [5.74, 6) is 6.25. The summed E-state index contributed by atoms with van der Waals surface area (Å²) in [6.07, 6.45) is 0. The maximum absolute atomic E-state index is 13.3. The molecule has 0 aliphatic carbocycles. The molecule has 8 heteroatoms. The smallest absolute Gasteiger partial charge is 0.233 e. The normalized spacial score (nSPS) is 12.4. The molecule has 1 heterocycles. The van der Waals surface area contributed by atoms with Gasteiger partial charge >= 0.3 is 0 Å². The van der Waals surface area contributed by atoms with Crippen molar-refractivity contribution in [1.29, 1.82) is 0 Å². The minimum atomic E-state index is -0.374. The van der Waals surface area contributed by atoms with Gasteiger partial charge in [0.15, 0.2) is 5.82 Å². The number of nitrogen functional groups attached to an aromatic ring is 1. The predicted octanol–water partition coefficient (Wildman–Crippen LogP) is 2.05. The van der Waals surface area contributed by atoms with E-state index in [1.165, 1.54) is 28.6 Å². The van der Waals surface area contributed by atoms with Crippen molar-refractivity contribution < 1.29 is 9.18 Å². The lowest BCUT2D eigenvalue weighted by Crippen LogP contribution is -2.33. The molecule has 3 N–H and O–H groups in total. The number of rotatable bonds is 6. The van der Waals surface area contributed by atoms with Crippen LogP contribution < -0.4 is 11.2 Å². The van der Waals surface area contributed by atoms with Crippen LogP contribution in [0.4, 0.5) is 4.39 Å². The number of carbonyl (C=O) groups is 1. The van der Waals surface area contributed by atoms with E-state index in [0.717, 1.165) is 0 Å². The summed E-state index contributed by atoms with van der Waals surface area (Å²) in [6, 6.07) is 5.95. The highest BCUT2D eigenvalue weighted by molar-refractivity contribution is 8.00. The monoisotopic (exact) mass is 337 g/mol. The molecule has 6 nitrogen and oxygen atoms in total. The standard InChI is InChI=1S/C15H20FN5OS/c1-9(2)8-18-14(22)10(3)23-15-20-19-13(21(15)17)11-5-4-6-12(16)7-11/h4-7,9-10H,8,17H2,1-3H3,(H,18,22)/t10-/m0/s1. The Kier molecular flexibility index (Phi) is 5.59. The fourth-order valence-electron chi connectivity index (χ4n) is 1.84. The Morgan fingerprint density at radius 3 is 2.78 bits per heavy atom. The zero-order chi connectivity index (χ0) is 17.0. The van der Waals surface area contributed by atoms with Gasteiger partial charge in [-0.25, -0.2) is 9.07 Å². The number of hydrogen-bond acceptors (Lipinski definition) is 5. The van der Waals surface area contributed by atoms with E-state index in [2.05, 4.69) is 15.5 Å². The first kappa shape index (κ1) is 17.3. The van der Waals surface area contributed by atoms with E-state index >= 15 is 0 Å². The maximum atomic E-state index is 13.3. The van der Waals surface area contributed by atoms with Crippen LogP contribution in [-0.2, 0) is 4.79 Å². The molecule has 0 spiro atoms. The molecule has 0 aliphatic rings. The van der Waals surface area contributed by atoms with Crippen LogP contribution in [0.25, 0.3) is 11.4 Å². The molecule has 1 aromatic carbocycles. The van der Waals surface area contributed by atoms with Gasteiger partial charge in [-0.15, -0.1) is 10.2 Å². The Labute approximate surface area is 138 Å². The number of thioether (sulfide) groups is 1. The van der Waals surface area contributed by atoms with E-state index < -0.39 is 0 Å². The minimum Gasteiger partial charge on any atom is -0.355 e. The van der Waals surface area contributed by atoms with Crippen molar-refractivity contribution in [2.75, 3.05) is 12.4 Å². The van der Waals surface area contributed by atoms with E-state index in [0.29, 0.717) is 29.0 Å². The summed E-state index contributed by atoms with van der Waals surface area (Å²) in [6.45, 7) is 6.45. The van der Waals surface area contributed by atoms with Crippen molar-refractivity contribution in [3.05, 3.63) is 30.1 Å². The second-order valence-electron chi connectivity index (χ2n) is 5.59. The van der Waals surface area contributed by atoms with Gasteiger partial charge in [0.05, 0.1) is 5.25 Å². The zero-order valence-corrected chi connectivity index (χ0v) is 14.1. The van der Waals surface area contributed by atoms with Crippen molar-refractivity contribution in [3.63, 3.8) is 0 Å². The summed E-state index contributed by atoms with van der Waals surface area (Å²) >= 11 is 1.21. The number of nitrogens with zero attached hydrogens (tertiary/aromatic N) is 3. The van der Waals surface area contributed by atoms with Crippen LogP contribution >= 0.6 is 11.8 Å². The van der Waals surface area contributed by atoms with E-state index in [9.17, 15) is 9.18 Å². The van der Waals surface area contributed by atoms with Crippen LogP contribution in [0, 0.1) is 11.7 Å². The molecule has 0 bridgehead atoms. The molecule has 0 radical (unpaired) electrons. The summed E-state index contributed by atoms with van der Waals surface area (Å²) in [5, 5.41) is 10.9. The first-order valence-corrected chi connectivity index (χ1v) is 8.17. The van der Waals surface area contributed by atoms with Crippen LogP contribution in [0.15, 0.2) is 29.4 Å². The molecule has 2 aromatic rings. The van der Waals surface area contributed by atoms with Crippen molar-refractivity contribution in [2.45, 2.75) is 31.2 Å². The third-order valence-corrected chi connectivity index (χ3v) is 4.14. The average molecular weight is 337 g/mol. The van der Waals surface area contributed by atoms with E-state index in [1.54, 1.807) is 19.1 Å². The van der Waals surface area contributed by atoms with Crippen LogP contribution in [-0.4, -0.2) is 32.6 Å². The lowest BCUT2D eigenvalue weighted by atomic mass is 10.2. The van der Waals surface area contributed by atoms with Crippen LogP contribution in [0.5, 0.6) is 0 Å². The molecular weight excluding hydrogens is 317 g/mol. The molecule has 23 heavy (non-hydrogen) atoms. The van der Waals surface area contributed by atoms with Gasteiger partial charge in [0, 0.05) is 12.1 Å². The Balaban J connectivity index is 2.09. The summed E-state index contributed by atoms with van der Waals surface area (Å²) in [7, 11) is 0. The van der Waals surface area contributed by atoms with Gasteiger partial charge in [-0.2, -0.15) is 0 Å². The maximum Gasteiger partial charge on any atom is 0.233 e. The SMILES string of the molecule is CC(C)CNC(=O)[C@H](C)Sc1nnc(-c2cccc(F)c2)n1N. The van der Waals surface area contributed by atoms with Gasteiger partial charge < -0.3 is 11.2 Å². The number of nitrogens with one attached hydrogen (secondary N) is 1. The molecule has 1 atom stereocenters. The second-order valence-corrected chi connectivity index (χ2v) is 6.89. The highest BCUT2D eigenvalue weighted by atomic mass is 32.2. The predicted molar refractivity (Wildman–Crippen MR) is 88.7 cm³/mol. The summed E-state index contributed by atoms with van der Waals surface area (Å²) in [5.41, 5.74) is 0.531. The highest BCUT2D eigenvalue weighted by Gasteiger charge is 2.20. The Bertz CT molecular complexity index is 688. The molecule has 124 valence electrons. The van der Waals surface area contributed by atoms with Crippen molar-refractivity contribution in [2.24, 2.45) is 5.92 Å². The van der Waals surface area contributed by atoms with Crippen LogP contribution in [0.1, 0.15) is 20.8 Å². The molecular formula is C15H20FN5OS. The van der Waals surface area contributed by atoms with E-state index in [4.69, 9.17) is 5.84 Å².